The fourth-order valence-electron chi connectivity index (χ4n) is 4.89. The van der Waals surface area contributed by atoms with E-state index in [1.807, 2.05) is 19.2 Å². The lowest BCUT2D eigenvalue weighted by Crippen LogP contribution is -2.42. The van der Waals surface area contributed by atoms with Gasteiger partial charge in [0.05, 0.1) is 11.3 Å². The monoisotopic (exact) mass is 501 g/mol. The Kier molecular flexibility index (Phi) is 7.65. The van der Waals surface area contributed by atoms with Gasteiger partial charge in [0.1, 0.15) is 12.4 Å². The number of carbonyl (C=O) groups is 1. The first kappa shape index (κ1) is 25.0. The molecule has 2 aliphatic rings. The molecule has 1 amide bonds. The SMILES string of the molecule is CCNC(=O)c1ccc(F)c2c1C=C(N(CCCc1c[nH]c3ccc(F)cc13)C1CCC1)CO2.Cl. The smallest absolute Gasteiger partial charge is 0.252 e. The van der Waals surface area contributed by atoms with Gasteiger partial charge < -0.3 is 19.9 Å². The minimum atomic E-state index is -0.458. The number of amides is 1. The van der Waals surface area contributed by atoms with E-state index in [9.17, 15) is 13.6 Å². The predicted molar refractivity (Wildman–Crippen MR) is 136 cm³/mol. The Morgan fingerprint density at radius 1 is 1.23 bits per heavy atom. The number of hydrogen-bond acceptors (Lipinski definition) is 3. The summed E-state index contributed by atoms with van der Waals surface area (Å²) in [6.07, 6.45) is 8.98. The van der Waals surface area contributed by atoms with Gasteiger partial charge in [-0.05, 0) is 81.0 Å². The average Bonchev–Trinajstić information content (AvgIpc) is 3.19. The minimum Gasteiger partial charge on any atom is -0.484 e. The van der Waals surface area contributed by atoms with Crippen molar-refractivity contribution in [3.63, 3.8) is 0 Å². The molecule has 1 aromatic heterocycles. The normalized spacial score (nSPS) is 14.9. The van der Waals surface area contributed by atoms with E-state index in [0.717, 1.165) is 54.4 Å². The minimum absolute atomic E-state index is 0. The third kappa shape index (κ3) is 5.01. The van der Waals surface area contributed by atoms with Gasteiger partial charge in [0.25, 0.3) is 5.91 Å². The largest absolute Gasteiger partial charge is 0.484 e. The summed E-state index contributed by atoms with van der Waals surface area (Å²) in [5.41, 5.74) is 3.93. The number of ether oxygens (including phenoxy) is 1. The van der Waals surface area contributed by atoms with Crippen LogP contribution in [-0.4, -0.2) is 41.5 Å². The summed E-state index contributed by atoms with van der Waals surface area (Å²) in [5.74, 6) is -0.786. The number of aromatic amines is 1. The van der Waals surface area contributed by atoms with E-state index in [0.29, 0.717) is 23.7 Å². The summed E-state index contributed by atoms with van der Waals surface area (Å²) in [7, 11) is 0. The maximum atomic E-state index is 14.5. The molecule has 5 nitrogen and oxygen atoms in total. The number of aryl methyl sites for hydroxylation is 1. The van der Waals surface area contributed by atoms with Crippen molar-refractivity contribution in [1.82, 2.24) is 15.2 Å². The molecular weight excluding hydrogens is 472 g/mol. The molecule has 5 rings (SSSR count). The molecule has 2 heterocycles. The van der Waals surface area contributed by atoms with Gasteiger partial charge in [0.15, 0.2) is 11.6 Å². The van der Waals surface area contributed by atoms with Gasteiger partial charge in [-0.2, -0.15) is 0 Å². The highest BCUT2D eigenvalue weighted by atomic mass is 35.5. The first-order valence-electron chi connectivity index (χ1n) is 12.0. The number of aromatic nitrogens is 1. The number of carbonyl (C=O) groups excluding carboxylic acids is 1. The molecule has 2 N–H and O–H groups in total. The number of hydrogen-bond donors (Lipinski definition) is 2. The second-order valence-corrected chi connectivity index (χ2v) is 9.01. The van der Waals surface area contributed by atoms with Gasteiger partial charge in [0, 0.05) is 41.8 Å². The number of halogens is 3. The zero-order chi connectivity index (χ0) is 23.7. The Morgan fingerprint density at radius 2 is 2.06 bits per heavy atom. The van der Waals surface area contributed by atoms with Gasteiger partial charge in [-0.15, -0.1) is 12.4 Å². The topological polar surface area (TPSA) is 57.4 Å². The van der Waals surface area contributed by atoms with Crippen LogP contribution < -0.4 is 10.1 Å². The Morgan fingerprint density at radius 3 is 2.80 bits per heavy atom. The van der Waals surface area contributed by atoms with E-state index in [1.165, 1.54) is 24.6 Å². The number of nitrogens with one attached hydrogen (secondary N) is 2. The summed E-state index contributed by atoms with van der Waals surface area (Å²) in [6.45, 7) is 3.43. The van der Waals surface area contributed by atoms with Crippen LogP contribution >= 0.6 is 12.4 Å². The lowest BCUT2D eigenvalue weighted by atomic mass is 9.90. The molecule has 0 radical (unpaired) electrons. The Hall–Kier alpha value is -3.06. The van der Waals surface area contributed by atoms with Crippen LogP contribution in [0.1, 0.15) is 54.1 Å². The van der Waals surface area contributed by atoms with Crippen LogP contribution in [0.15, 0.2) is 42.2 Å². The van der Waals surface area contributed by atoms with Crippen LogP contribution in [0.5, 0.6) is 5.75 Å². The van der Waals surface area contributed by atoms with Gasteiger partial charge in [-0.1, -0.05) is 0 Å². The molecule has 0 unspecified atom stereocenters. The Balaban J connectivity index is 0.00000289. The summed E-state index contributed by atoms with van der Waals surface area (Å²) in [4.78, 5) is 18.2. The van der Waals surface area contributed by atoms with Gasteiger partial charge >= 0.3 is 0 Å². The molecule has 186 valence electrons. The summed E-state index contributed by atoms with van der Waals surface area (Å²) in [5, 5.41) is 3.72. The van der Waals surface area contributed by atoms with Crippen molar-refractivity contribution in [3.05, 3.63) is 70.6 Å². The molecule has 1 saturated carbocycles. The highest BCUT2D eigenvalue weighted by Crippen LogP contribution is 2.36. The second-order valence-electron chi connectivity index (χ2n) is 9.01. The molecule has 1 aliphatic heterocycles. The maximum absolute atomic E-state index is 14.5. The molecule has 1 fully saturated rings. The van der Waals surface area contributed by atoms with E-state index in [1.54, 1.807) is 12.1 Å². The van der Waals surface area contributed by atoms with Crippen molar-refractivity contribution in [2.45, 2.75) is 45.1 Å². The number of benzene rings is 2. The van der Waals surface area contributed by atoms with Crippen molar-refractivity contribution < 1.29 is 18.3 Å². The summed E-state index contributed by atoms with van der Waals surface area (Å²) in [6, 6.07) is 8.03. The van der Waals surface area contributed by atoms with Crippen LogP contribution in [0.3, 0.4) is 0 Å². The summed E-state index contributed by atoms with van der Waals surface area (Å²) >= 11 is 0. The molecule has 0 spiro atoms. The lowest BCUT2D eigenvalue weighted by Gasteiger charge is -2.41. The fourth-order valence-corrected chi connectivity index (χ4v) is 4.89. The van der Waals surface area contributed by atoms with E-state index in [-0.39, 0.29) is 36.5 Å². The number of fused-ring (bicyclic) bond motifs is 2. The highest BCUT2D eigenvalue weighted by Gasteiger charge is 2.30. The molecule has 35 heavy (non-hydrogen) atoms. The molecule has 0 atom stereocenters. The molecule has 3 aromatic rings. The van der Waals surface area contributed by atoms with Gasteiger partial charge in [-0.25, -0.2) is 8.78 Å². The van der Waals surface area contributed by atoms with Crippen molar-refractivity contribution in [2.24, 2.45) is 0 Å². The number of H-pyrrole nitrogens is 1. The van der Waals surface area contributed by atoms with Crippen LogP contribution in [0, 0.1) is 11.6 Å². The van der Waals surface area contributed by atoms with Crippen molar-refractivity contribution in [2.75, 3.05) is 19.7 Å². The first-order chi connectivity index (χ1) is 16.5. The molecule has 2 aromatic carbocycles. The van der Waals surface area contributed by atoms with Crippen molar-refractivity contribution >= 4 is 35.3 Å². The van der Waals surface area contributed by atoms with E-state index in [2.05, 4.69) is 15.2 Å². The second kappa shape index (κ2) is 10.7. The molecule has 8 heteroatoms. The maximum Gasteiger partial charge on any atom is 0.252 e. The average molecular weight is 502 g/mol. The van der Waals surface area contributed by atoms with Crippen LogP contribution in [-0.2, 0) is 6.42 Å². The van der Waals surface area contributed by atoms with Crippen molar-refractivity contribution in [3.8, 4) is 5.75 Å². The molecular formula is C27H30ClF2N3O2. The molecule has 0 saturated heterocycles. The zero-order valence-corrected chi connectivity index (χ0v) is 20.5. The zero-order valence-electron chi connectivity index (χ0n) is 19.7. The van der Waals surface area contributed by atoms with Crippen LogP contribution in [0.4, 0.5) is 8.78 Å². The quantitative estimate of drug-likeness (QED) is 0.408. The van der Waals surface area contributed by atoms with Gasteiger partial charge in [0.2, 0.25) is 0 Å². The third-order valence-electron chi connectivity index (χ3n) is 6.86. The standard InChI is InChI=1S/C27H29F2N3O2.ClH/c1-2-30-27(33)21-9-10-24(29)26-23(21)14-20(16-34-26)32(19-6-3-7-19)12-4-5-17-15-31-25-11-8-18(28)13-22(17)25;/h8-11,13-15,19,31H,2-7,12,16H2,1H3,(H,30,33);1H. The van der Waals surface area contributed by atoms with E-state index >= 15 is 0 Å². The van der Waals surface area contributed by atoms with Gasteiger partial charge in [-0.3, -0.25) is 4.79 Å². The third-order valence-corrected chi connectivity index (χ3v) is 6.86. The molecule has 1 aliphatic carbocycles. The first-order valence-corrected chi connectivity index (χ1v) is 12.0. The summed E-state index contributed by atoms with van der Waals surface area (Å²) < 4.78 is 34.0. The Bertz CT molecular complexity index is 1250. The molecule has 0 bridgehead atoms. The van der Waals surface area contributed by atoms with Crippen molar-refractivity contribution in [1.29, 1.82) is 0 Å². The predicted octanol–water partition coefficient (Wildman–Crippen LogP) is 5.84. The number of nitrogens with zero attached hydrogens (tertiary/aromatic N) is 1. The van der Waals surface area contributed by atoms with E-state index < -0.39 is 5.82 Å². The van der Waals surface area contributed by atoms with E-state index in [4.69, 9.17) is 4.74 Å². The number of rotatable bonds is 8. The van der Waals surface area contributed by atoms with Crippen LogP contribution in [0.2, 0.25) is 0 Å². The fraction of sp³-hybridized carbons (Fsp3) is 0.370. The highest BCUT2D eigenvalue weighted by molar-refractivity contribution is 5.99. The lowest BCUT2D eigenvalue weighted by molar-refractivity contribution is 0.0954. The van der Waals surface area contributed by atoms with Crippen LogP contribution in [0.25, 0.3) is 17.0 Å². The Labute approximate surface area is 209 Å².